The van der Waals surface area contributed by atoms with Crippen LogP contribution in [0.2, 0.25) is 0 Å². The molecule has 2 unspecified atom stereocenters. The van der Waals surface area contributed by atoms with Crippen LogP contribution in [0.3, 0.4) is 0 Å². The number of aliphatic hydroxyl groups is 3. The van der Waals surface area contributed by atoms with Gasteiger partial charge in [0.1, 0.15) is 65.7 Å². The van der Waals surface area contributed by atoms with E-state index in [1.807, 2.05) is 34.1 Å². The first-order valence-corrected chi connectivity index (χ1v) is 36.5. The first-order chi connectivity index (χ1) is 54.0. The van der Waals surface area contributed by atoms with Crippen LogP contribution in [0, 0.1) is 25.7 Å². The van der Waals surface area contributed by atoms with Gasteiger partial charge in [-0.15, -0.1) is 0 Å². The lowest BCUT2D eigenvalue weighted by atomic mass is 10.0. The minimum absolute atomic E-state index is 0.000694. The Balaban J connectivity index is 0.000000144. The van der Waals surface area contributed by atoms with E-state index >= 15 is 0 Å². The summed E-state index contributed by atoms with van der Waals surface area (Å²) in [6.07, 6.45) is 20.1. The normalized spacial score (nSPS) is 28.1. The molecule has 1 amide bonds. The van der Waals surface area contributed by atoms with Crippen molar-refractivity contribution in [3.63, 3.8) is 0 Å². The second-order valence-corrected chi connectivity index (χ2v) is 28.1. The zero-order chi connectivity index (χ0) is 81.7. The third-order valence-electron chi connectivity index (χ3n) is 19.6. The Morgan fingerprint density at radius 3 is 1.95 bits per heavy atom. The van der Waals surface area contributed by atoms with E-state index in [1.54, 1.807) is 72.7 Å². The van der Waals surface area contributed by atoms with Crippen LogP contribution in [0.25, 0.3) is 22.3 Å². The number of rotatable bonds is 20. The summed E-state index contributed by atoms with van der Waals surface area (Å²) in [4.78, 5) is 85.4. The van der Waals surface area contributed by atoms with Crippen LogP contribution in [0.5, 0.6) is 0 Å². The number of allylic oxidation sites excluding steroid dienone is 1. The molecule has 614 valence electrons. The number of aryl methyl sites for hydroxylation is 2. The number of nitrogens with one attached hydrogen (secondary N) is 4. The average molecular weight is 1580 g/mol. The number of nitrogen functional groups attached to an aromatic ring is 1. The molecule has 2 saturated carbocycles. The monoisotopic (exact) mass is 1580 g/mol. The molecule has 5 aromatic heterocycles. The van der Waals surface area contributed by atoms with Crippen LogP contribution in [0.4, 0.5) is 20.5 Å². The summed E-state index contributed by atoms with van der Waals surface area (Å²) in [7, 11) is 9.50. The highest BCUT2D eigenvalue weighted by Crippen LogP contribution is 2.42. The van der Waals surface area contributed by atoms with Gasteiger partial charge in [0.2, 0.25) is 12.2 Å². The molecule has 37 nitrogen and oxygen atoms in total. The van der Waals surface area contributed by atoms with Crippen LogP contribution in [0.15, 0.2) is 153 Å². The molecule has 113 heavy (non-hydrogen) atoms. The van der Waals surface area contributed by atoms with Gasteiger partial charge in [-0.05, 0) is 83.1 Å². The molecular weight excluding hydrogens is 1480 g/mol. The molecule has 0 radical (unpaired) electrons. The predicted molar refractivity (Wildman–Crippen MR) is 411 cm³/mol. The minimum atomic E-state index is -3.47. The molecular formula is C74H102F2N20O17. The van der Waals surface area contributed by atoms with E-state index in [9.17, 15) is 43.3 Å². The van der Waals surface area contributed by atoms with Crippen LogP contribution in [-0.4, -0.2) is 252 Å². The molecule has 0 aromatic carbocycles. The van der Waals surface area contributed by atoms with Crippen LogP contribution >= 0.6 is 0 Å². The van der Waals surface area contributed by atoms with Crippen molar-refractivity contribution in [3.05, 3.63) is 171 Å². The quantitative estimate of drug-likeness (QED) is 0.0501. The number of methoxy groups -OCH3 is 6. The number of hydrogen-bond acceptors (Lipinski definition) is 31. The van der Waals surface area contributed by atoms with Crippen molar-refractivity contribution in [2.75, 3.05) is 93.4 Å². The van der Waals surface area contributed by atoms with Crippen LogP contribution in [-0.2, 0) is 52.2 Å². The molecule has 39 heteroatoms. The first-order valence-electron chi connectivity index (χ1n) is 36.5. The van der Waals surface area contributed by atoms with E-state index in [0.29, 0.717) is 90.2 Å². The number of anilines is 2. The molecule has 3 saturated heterocycles. The van der Waals surface area contributed by atoms with Gasteiger partial charge >= 0.3 is 11.6 Å². The van der Waals surface area contributed by atoms with Gasteiger partial charge in [0.25, 0.3) is 17.0 Å². The van der Waals surface area contributed by atoms with Crippen molar-refractivity contribution in [1.82, 2.24) is 68.6 Å². The number of aromatic nitrogens is 10. The molecule has 5 fully saturated rings. The number of H-pyrrole nitrogens is 2. The van der Waals surface area contributed by atoms with Gasteiger partial charge in [-0.1, -0.05) is 44.5 Å². The van der Waals surface area contributed by atoms with E-state index < -0.39 is 60.1 Å². The molecule has 0 bridgehead atoms. The number of halogens is 2. The first kappa shape index (κ1) is 85.4. The van der Waals surface area contributed by atoms with Gasteiger partial charge in [0, 0.05) is 103 Å². The SMILES string of the molecule is C=C1C(n2cnc3c(=O)[nH]c(C)nc32)C[C@H](O)[C@H]1COC.C=C1N=C(N)C=CN1[C@@H]1O[C@H](COC)[C@@H](O)C1(F)F.C=C1N=C(N)C=CN1[C@H]1CC[C@@H](COC)O1.C=C1NC(=O)C(C)=CN1[C@H]1C=C[C@@H](COC)O1.COC[C@@H]1O[C@H](n2cc(C)c(=O)[nH]c2=O)CC1O.COC[C@H]1C=C[C@@H](n2cnc3c(NC4CC4)nc(N)nc32)C1. The number of alkyl halides is 2. The maximum absolute atomic E-state index is 14.0. The van der Waals surface area contributed by atoms with Crippen molar-refractivity contribution >= 4 is 51.7 Å². The fourth-order valence-corrected chi connectivity index (χ4v) is 13.7. The fraction of sp³-hybridized carbons (Fsp3) is 0.527. The number of amidine groups is 2. The van der Waals surface area contributed by atoms with Gasteiger partial charge < -0.3 is 119 Å². The Kier molecular flexibility index (Phi) is 28.9. The number of hydrogen-bond donors (Lipinski definition) is 10. The molecule has 5 aromatic rings. The summed E-state index contributed by atoms with van der Waals surface area (Å²) < 4.78 is 85.6. The zero-order valence-corrected chi connectivity index (χ0v) is 64.5. The van der Waals surface area contributed by atoms with E-state index in [4.69, 9.17) is 64.6 Å². The summed E-state index contributed by atoms with van der Waals surface area (Å²) in [6.45, 7) is 22.8. The molecule has 15 rings (SSSR count). The second-order valence-electron chi connectivity index (χ2n) is 28.1. The maximum Gasteiger partial charge on any atom is 0.330 e. The zero-order valence-electron chi connectivity index (χ0n) is 64.5. The Morgan fingerprint density at radius 2 is 1.28 bits per heavy atom. The number of aliphatic imine (C=N–C) groups is 2. The number of aromatic amines is 2. The number of carbonyl (C=O) groups is 1. The lowest BCUT2D eigenvalue weighted by molar-refractivity contribution is -0.148. The summed E-state index contributed by atoms with van der Waals surface area (Å²) in [5.41, 5.74) is 20.0. The summed E-state index contributed by atoms with van der Waals surface area (Å²) in [5.74, 6) is 0.116. The number of ether oxygens (including phenoxy) is 10. The van der Waals surface area contributed by atoms with E-state index in [1.165, 1.54) is 50.1 Å². The van der Waals surface area contributed by atoms with Gasteiger partial charge in [-0.2, -0.15) is 18.7 Å². The standard InChI is InChI=1S/C15H20N6O.C14H18N4O3.C12H16N2O3.C11H15F2N3O3.C11H17N3O2.C11H16N2O5/c1-22-7-9-2-5-11(6-9)21-8-17-12-13(18-10-3-4-10)19-15(16)20-14(12)21;1-7-9(5-21-3)11(19)4-10(7)18-6-15-12-13(18)16-8(2)17-14(12)20;1-8-6-14(9(2)13-12(8)15)11-5-4-10(17-11)7-16-3;1-6-15-8(14)3-4-16(6)10-11(12,13)9(17)7(19-10)5-18-2;1-8-13-10(12)5-6-14(8)11-4-3-9(16-11)7-15-2;1-6-4-13(11(16)12-10(6)15)9-3-7(14)8(18-9)5-17-2/h2,5,8-11H,3-4,6-7H2,1H3,(H3,16,18,19,20);6,9-11,19H,1,4-5H2,2-3H3,(H,16,17,20);4-6,10-11H,2,7H2,1,3H3,(H,13,15);3-4,7,9-10,17H,1,5H2,2H3,(H2,14,15);5-6,9,11H,1,3-4,7H2,2H3,(H2,12,13);4,7-9,14H,3,5H2,1-2H3,(H,12,15,16)/t9-,11+;9-,10?,11-;10-,11+;7-,9-,10-;9-,11+;7?,8-,9-/m000100/s1. The number of nitrogens with zero attached hydrogens (tertiary/aromatic N) is 13. The number of imidazole rings is 2. The van der Waals surface area contributed by atoms with Crippen molar-refractivity contribution in [3.8, 4) is 0 Å². The van der Waals surface area contributed by atoms with Crippen molar-refractivity contribution in [2.24, 2.45) is 33.3 Å². The van der Waals surface area contributed by atoms with E-state index in [0.717, 1.165) is 53.3 Å². The van der Waals surface area contributed by atoms with Crippen LogP contribution in [0.1, 0.15) is 81.6 Å². The Bertz CT molecular complexity index is 4640. The summed E-state index contributed by atoms with van der Waals surface area (Å²) in [6, 6.07) is 0.618. The Labute approximate surface area is 649 Å². The Morgan fingerprint density at radius 1 is 0.637 bits per heavy atom. The molecule has 10 aliphatic rings. The van der Waals surface area contributed by atoms with Gasteiger partial charge in [0.15, 0.2) is 40.5 Å². The van der Waals surface area contributed by atoms with Gasteiger partial charge in [-0.25, -0.2) is 29.7 Å². The topological polar surface area (TPSA) is 469 Å². The summed E-state index contributed by atoms with van der Waals surface area (Å²) in [5, 5.41) is 35.6. The molecule has 15 atom stereocenters. The number of nitrogens with two attached hydrogens (primary N) is 3. The van der Waals surface area contributed by atoms with Gasteiger partial charge in [0.05, 0.1) is 82.7 Å². The van der Waals surface area contributed by atoms with Gasteiger partial charge in [-0.3, -0.25) is 23.9 Å². The highest BCUT2D eigenvalue weighted by molar-refractivity contribution is 5.95. The smallest absolute Gasteiger partial charge is 0.330 e. The number of aliphatic hydroxyl groups excluding tert-OH is 3. The number of amides is 1. The third kappa shape index (κ3) is 20.7. The second kappa shape index (κ2) is 38.2. The molecule has 12 heterocycles. The molecule has 13 N–H and O–H groups in total. The number of carbonyl (C=O) groups excluding carboxylic acids is 1. The molecule has 3 aliphatic carbocycles. The highest BCUT2D eigenvalue weighted by Gasteiger charge is 2.61. The largest absolute Gasteiger partial charge is 0.392 e. The van der Waals surface area contributed by atoms with Crippen molar-refractivity contribution in [2.45, 2.75) is 157 Å². The lowest BCUT2D eigenvalue weighted by Gasteiger charge is -2.32. The predicted octanol–water partition coefficient (Wildman–Crippen LogP) is 2.97. The molecule has 0 spiro atoms. The average Bonchev–Trinajstić information content (AvgIpc) is 1.63. The minimum Gasteiger partial charge on any atom is -0.392 e. The van der Waals surface area contributed by atoms with E-state index in [-0.39, 0.29) is 85.0 Å². The Hall–Kier alpha value is -10.0. The van der Waals surface area contributed by atoms with E-state index in [2.05, 4.69) is 98.5 Å². The lowest BCUT2D eigenvalue weighted by Crippen LogP contribution is -2.47. The van der Waals surface area contributed by atoms with Crippen LogP contribution < -0.4 is 44.6 Å². The molecule has 7 aliphatic heterocycles. The maximum atomic E-state index is 14.0. The third-order valence-corrected chi connectivity index (χ3v) is 19.6. The fourth-order valence-electron chi connectivity index (χ4n) is 13.7. The highest BCUT2D eigenvalue weighted by atomic mass is 19.3. The van der Waals surface area contributed by atoms with Crippen molar-refractivity contribution in [1.29, 1.82) is 0 Å². The number of fused-ring (bicyclic) bond motifs is 2. The van der Waals surface area contributed by atoms with Crippen molar-refractivity contribution < 1.29 is 76.3 Å². The summed E-state index contributed by atoms with van der Waals surface area (Å²) >= 11 is 0.